The number of thiophene rings is 1. The van der Waals surface area contributed by atoms with Crippen LogP contribution in [0.2, 0.25) is 0 Å². The highest BCUT2D eigenvalue weighted by atomic mass is 32.1. The van der Waals surface area contributed by atoms with Crippen LogP contribution in [0.3, 0.4) is 0 Å². The molecular formula is C31H30N4O7S. The lowest BCUT2D eigenvalue weighted by atomic mass is 9.68. The van der Waals surface area contributed by atoms with Gasteiger partial charge in [-0.1, -0.05) is 18.2 Å². The molecule has 3 aromatic rings. The monoisotopic (exact) mass is 602 g/mol. The first kappa shape index (κ1) is 29.6. The van der Waals surface area contributed by atoms with E-state index in [0.717, 1.165) is 4.88 Å². The van der Waals surface area contributed by atoms with E-state index < -0.39 is 40.4 Å². The van der Waals surface area contributed by atoms with E-state index in [4.69, 9.17) is 15.2 Å². The number of pyridine rings is 1. The molecule has 2 aliphatic rings. The van der Waals surface area contributed by atoms with Gasteiger partial charge in [0.2, 0.25) is 0 Å². The van der Waals surface area contributed by atoms with Crippen molar-refractivity contribution in [2.75, 3.05) is 18.1 Å². The molecule has 0 saturated carbocycles. The molecule has 0 saturated heterocycles. The van der Waals surface area contributed by atoms with Crippen molar-refractivity contribution >= 4 is 40.4 Å². The highest BCUT2D eigenvalue weighted by Gasteiger charge is 2.52. The second-order valence-corrected chi connectivity index (χ2v) is 11.1. The lowest BCUT2D eigenvalue weighted by Gasteiger charge is -2.44. The Morgan fingerprint density at radius 2 is 1.93 bits per heavy atom. The Labute approximate surface area is 251 Å². The minimum Gasteiger partial charge on any atom is -0.465 e. The maximum Gasteiger partial charge on any atom is 0.338 e. The number of non-ortho nitro benzene ring substituents is 1. The second-order valence-electron chi connectivity index (χ2n) is 10.1. The quantitative estimate of drug-likeness (QED) is 0.163. The summed E-state index contributed by atoms with van der Waals surface area (Å²) in [7, 11) is 0. The smallest absolute Gasteiger partial charge is 0.338 e. The van der Waals surface area contributed by atoms with Crippen LogP contribution in [0.4, 0.5) is 11.4 Å². The number of ketones is 1. The maximum atomic E-state index is 14.7. The topological polar surface area (TPSA) is 155 Å². The van der Waals surface area contributed by atoms with Crippen LogP contribution in [0, 0.1) is 23.0 Å². The van der Waals surface area contributed by atoms with Crippen molar-refractivity contribution in [1.29, 1.82) is 0 Å². The van der Waals surface area contributed by atoms with Crippen molar-refractivity contribution in [3.63, 3.8) is 0 Å². The number of hydrogen-bond donors (Lipinski definition) is 1. The number of nitro groups is 1. The van der Waals surface area contributed by atoms with Gasteiger partial charge in [0.15, 0.2) is 5.78 Å². The summed E-state index contributed by atoms with van der Waals surface area (Å²) >= 11 is 1.41. The average molecular weight is 603 g/mol. The largest absolute Gasteiger partial charge is 0.465 e. The molecule has 5 rings (SSSR count). The number of allylic oxidation sites excluding steroid dienone is 2. The third-order valence-electron chi connectivity index (χ3n) is 7.65. The first-order chi connectivity index (χ1) is 20.7. The first-order valence-corrected chi connectivity index (χ1v) is 14.7. The molecule has 0 bridgehead atoms. The third kappa shape index (κ3) is 5.29. The Morgan fingerprint density at radius 3 is 2.56 bits per heavy atom. The highest BCUT2D eigenvalue weighted by Crippen LogP contribution is 2.52. The Balaban J connectivity index is 1.85. The van der Waals surface area contributed by atoms with Gasteiger partial charge in [0, 0.05) is 46.6 Å². The first-order valence-electron chi connectivity index (χ1n) is 13.8. The number of Topliss-reactive ketones (excluding diaryl/α,β-unsaturated/α-hetero) is 1. The molecule has 43 heavy (non-hydrogen) atoms. The average Bonchev–Trinajstić information content (AvgIpc) is 3.52. The SMILES string of the molecule is CCOC(=O)C1=C(N)N(c2cc([N+](=O)[O-])ccc2C)C2=C(C(=O)[C@@H](C(=O)OCC)[C@@H](c3cccs3)C2)[C@@H]1c1cccnc1. The van der Waals surface area contributed by atoms with E-state index in [1.807, 2.05) is 17.5 Å². The highest BCUT2D eigenvalue weighted by molar-refractivity contribution is 7.10. The van der Waals surface area contributed by atoms with Gasteiger partial charge in [-0.25, -0.2) is 4.79 Å². The predicted octanol–water partition coefficient (Wildman–Crippen LogP) is 4.89. The van der Waals surface area contributed by atoms with Crippen LogP contribution in [0.1, 0.15) is 48.1 Å². The molecule has 0 unspecified atom stereocenters. The number of carbonyl (C=O) groups excluding carboxylic acids is 3. The summed E-state index contributed by atoms with van der Waals surface area (Å²) in [5, 5.41) is 13.7. The van der Waals surface area contributed by atoms with Crippen molar-refractivity contribution in [3.05, 3.63) is 109 Å². The third-order valence-corrected chi connectivity index (χ3v) is 8.65. The van der Waals surface area contributed by atoms with Crippen molar-refractivity contribution in [2.24, 2.45) is 11.7 Å². The van der Waals surface area contributed by atoms with Gasteiger partial charge >= 0.3 is 11.9 Å². The zero-order chi connectivity index (χ0) is 30.8. The summed E-state index contributed by atoms with van der Waals surface area (Å²) < 4.78 is 10.8. The molecule has 0 fully saturated rings. The standard InChI is InChI=1S/C31H30N4O7S/c1-4-41-30(37)25-20(23-9-7-13-43-23)15-22-26(28(25)36)24(18-8-6-12-33-16-18)27(31(38)42-5-2)29(32)34(22)21-14-19(35(39)40)11-10-17(21)3/h6-14,16,20,24-25H,4-5,15,32H2,1-3H3/t20-,24+,25+/m1/s1. The Kier molecular flexibility index (Phi) is 8.40. The molecule has 0 radical (unpaired) electrons. The summed E-state index contributed by atoms with van der Waals surface area (Å²) in [5.41, 5.74) is 8.69. The summed E-state index contributed by atoms with van der Waals surface area (Å²) in [5.74, 6) is -4.76. The molecule has 222 valence electrons. The number of aryl methyl sites for hydroxylation is 1. The van der Waals surface area contributed by atoms with Gasteiger partial charge in [0.05, 0.1) is 35.3 Å². The van der Waals surface area contributed by atoms with E-state index in [0.29, 0.717) is 22.5 Å². The minimum absolute atomic E-state index is 0.0231. The summed E-state index contributed by atoms with van der Waals surface area (Å²) in [4.78, 5) is 59.6. The van der Waals surface area contributed by atoms with Crippen molar-refractivity contribution in [3.8, 4) is 0 Å². The van der Waals surface area contributed by atoms with E-state index in [9.17, 15) is 24.5 Å². The van der Waals surface area contributed by atoms with Gasteiger partial charge in [0.1, 0.15) is 11.7 Å². The number of benzene rings is 1. The van der Waals surface area contributed by atoms with Crippen LogP contribution in [0.15, 0.2) is 82.9 Å². The van der Waals surface area contributed by atoms with E-state index in [-0.39, 0.29) is 42.3 Å². The summed E-state index contributed by atoms with van der Waals surface area (Å²) in [6.07, 6.45) is 3.27. The van der Waals surface area contributed by atoms with Crippen LogP contribution in [0.25, 0.3) is 0 Å². The fraction of sp³-hybridized carbons (Fsp3) is 0.290. The molecule has 3 atom stereocenters. The molecule has 1 aliphatic carbocycles. The van der Waals surface area contributed by atoms with Crippen LogP contribution in [0.5, 0.6) is 0 Å². The fourth-order valence-corrected chi connectivity index (χ4v) is 6.68. The van der Waals surface area contributed by atoms with Crippen LogP contribution < -0.4 is 10.6 Å². The fourth-order valence-electron chi connectivity index (χ4n) is 5.82. The number of esters is 2. The van der Waals surface area contributed by atoms with E-state index in [1.54, 1.807) is 45.2 Å². The molecule has 1 aromatic carbocycles. The number of hydrogen-bond acceptors (Lipinski definition) is 11. The summed E-state index contributed by atoms with van der Waals surface area (Å²) in [6.45, 7) is 5.20. The molecule has 11 nitrogen and oxygen atoms in total. The van der Waals surface area contributed by atoms with Crippen molar-refractivity contribution < 1.29 is 28.8 Å². The normalized spacial score (nSPS) is 20.1. The molecular weight excluding hydrogens is 572 g/mol. The van der Waals surface area contributed by atoms with Gasteiger partial charge in [-0.3, -0.25) is 29.6 Å². The summed E-state index contributed by atoms with van der Waals surface area (Å²) in [6, 6.07) is 11.4. The molecule has 2 aromatic heterocycles. The Hall–Kier alpha value is -4.84. The van der Waals surface area contributed by atoms with Crippen molar-refractivity contribution in [2.45, 2.75) is 39.0 Å². The van der Waals surface area contributed by atoms with Gasteiger partial charge in [-0.15, -0.1) is 11.3 Å². The molecule has 3 heterocycles. The zero-order valence-corrected chi connectivity index (χ0v) is 24.6. The van der Waals surface area contributed by atoms with E-state index in [2.05, 4.69) is 4.98 Å². The molecule has 1 aliphatic heterocycles. The maximum absolute atomic E-state index is 14.7. The van der Waals surface area contributed by atoms with Crippen LogP contribution in [-0.4, -0.2) is 40.8 Å². The van der Waals surface area contributed by atoms with Gasteiger partial charge in [0.25, 0.3) is 5.69 Å². The number of rotatable bonds is 8. The Morgan fingerprint density at radius 1 is 1.16 bits per heavy atom. The molecule has 2 N–H and O–H groups in total. The minimum atomic E-state index is -1.19. The zero-order valence-electron chi connectivity index (χ0n) is 23.8. The predicted molar refractivity (Wildman–Crippen MR) is 159 cm³/mol. The lowest BCUT2D eigenvalue weighted by molar-refractivity contribution is -0.384. The molecule has 0 amide bonds. The van der Waals surface area contributed by atoms with E-state index in [1.165, 1.54) is 34.6 Å². The Bertz CT molecular complexity index is 1650. The molecule has 0 spiro atoms. The second kappa shape index (κ2) is 12.2. The van der Waals surface area contributed by atoms with E-state index >= 15 is 0 Å². The molecule has 12 heteroatoms. The van der Waals surface area contributed by atoms with Gasteiger partial charge in [-0.2, -0.15) is 0 Å². The number of ether oxygens (including phenoxy) is 2. The number of nitrogens with zero attached hydrogens (tertiary/aromatic N) is 3. The number of anilines is 1. The number of carbonyl (C=O) groups is 3. The van der Waals surface area contributed by atoms with Crippen molar-refractivity contribution in [1.82, 2.24) is 4.98 Å². The number of nitro benzene ring substituents is 1. The number of nitrogens with two attached hydrogens (primary N) is 1. The number of aromatic nitrogens is 1. The van der Waals surface area contributed by atoms with Crippen LogP contribution >= 0.6 is 11.3 Å². The van der Waals surface area contributed by atoms with Gasteiger partial charge in [-0.05, 0) is 55.8 Å². The van der Waals surface area contributed by atoms with Crippen LogP contribution in [-0.2, 0) is 23.9 Å². The van der Waals surface area contributed by atoms with Gasteiger partial charge < -0.3 is 15.2 Å². The lowest BCUT2D eigenvalue weighted by Crippen LogP contribution is -2.46.